The summed E-state index contributed by atoms with van der Waals surface area (Å²) < 4.78 is 6.43. The van der Waals surface area contributed by atoms with Crippen LogP contribution in [0.1, 0.15) is 6.92 Å². The van der Waals surface area contributed by atoms with Crippen LogP contribution >= 0.6 is 11.8 Å². The highest BCUT2D eigenvalue weighted by molar-refractivity contribution is 8.00. The van der Waals surface area contributed by atoms with E-state index in [4.69, 9.17) is 16.3 Å². The first-order valence-electron chi connectivity index (χ1n) is 5.84. The van der Waals surface area contributed by atoms with Gasteiger partial charge in [0.25, 0.3) is 0 Å². The number of ether oxygens (including phenoxy) is 1. The summed E-state index contributed by atoms with van der Waals surface area (Å²) in [5.41, 5.74) is 6.02. The number of carbonyl (C=O) groups is 1. The average Bonchev–Trinajstić information content (AvgIpc) is 2.80. The number of nitrogens with two attached hydrogens (primary N) is 2. The summed E-state index contributed by atoms with van der Waals surface area (Å²) in [6, 6.07) is 7.28. The normalized spacial score (nSPS) is 12.1. The Labute approximate surface area is 120 Å². The molecule has 1 aromatic heterocycles. The fraction of sp³-hybridized carbons (Fsp3) is 0.250. The molecule has 7 nitrogen and oxygen atoms in total. The highest BCUT2D eigenvalue weighted by Crippen LogP contribution is 2.25. The van der Waals surface area contributed by atoms with E-state index >= 15 is 0 Å². The second-order valence-corrected chi connectivity index (χ2v) is 5.38. The number of primary amides is 1. The van der Waals surface area contributed by atoms with E-state index in [9.17, 15) is 4.79 Å². The van der Waals surface area contributed by atoms with Crippen LogP contribution in [0.5, 0.6) is 5.75 Å². The van der Waals surface area contributed by atoms with E-state index in [0.717, 1.165) is 11.3 Å². The van der Waals surface area contributed by atoms with Crippen molar-refractivity contribution in [3.8, 4) is 17.1 Å². The van der Waals surface area contributed by atoms with E-state index < -0.39 is 11.2 Å². The molecule has 0 spiro atoms. The van der Waals surface area contributed by atoms with Crippen LogP contribution in [0.4, 0.5) is 0 Å². The highest BCUT2D eigenvalue weighted by atomic mass is 32.2. The number of benzene rings is 1. The number of amides is 1. The zero-order valence-electron chi connectivity index (χ0n) is 11.1. The van der Waals surface area contributed by atoms with Gasteiger partial charge in [-0.3, -0.25) is 4.79 Å². The van der Waals surface area contributed by atoms with E-state index in [1.807, 2.05) is 24.3 Å². The fourth-order valence-corrected chi connectivity index (χ4v) is 2.23. The molecule has 0 radical (unpaired) electrons. The molecule has 0 bridgehead atoms. The quantitative estimate of drug-likeness (QED) is 0.618. The Morgan fingerprint density at radius 2 is 2.00 bits per heavy atom. The SMILES string of the molecule is COc1ccc(-c2nnc(S[C@H](C)C(N)=O)n2N)cc1. The molecule has 8 heteroatoms. The van der Waals surface area contributed by atoms with Crippen molar-refractivity contribution in [2.24, 2.45) is 5.73 Å². The zero-order valence-corrected chi connectivity index (χ0v) is 11.9. The number of methoxy groups -OCH3 is 1. The Balaban J connectivity index is 2.25. The largest absolute Gasteiger partial charge is 0.497 e. The van der Waals surface area contributed by atoms with Gasteiger partial charge in [-0.1, -0.05) is 11.8 Å². The molecule has 0 saturated heterocycles. The molecular weight excluding hydrogens is 278 g/mol. The molecule has 20 heavy (non-hydrogen) atoms. The molecule has 1 heterocycles. The Bertz CT molecular complexity index is 611. The third-order valence-electron chi connectivity index (χ3n) is 2.70. The molecular formula is C12H15N5O2S. The van der Waals surface area contributed by atoms with Crippen LogP contribution in [-0.2, 0) is 4.79 Å². The minimum absolute atomic E-state index is 0.426. The van der Waals surface area contributed by atoms with Crippen molar-refractivity contribution in [2.45, 2.75) is 17.3 Å². The third kappa shape index (κ3) is 2.85. The minimum atomic E-state index is -0.427. The topological polar surface area (TPSA) is 109 Å². The molecule has 0 unspecified atom stereocenters. The minimum Gasteiger partial charge on any atom is -0.497 e. The Morgan fingerprint density at radius 3 is 2.55 bits per heavy atom. The summed E-state index contributed by atoms with van der Waals surface area (Å²) in [6.07, 6.45) is 0. The van der Waals surface area contributed by atoms with Crippen molar-refractivity contribution in [2.75, 3.05) is 13.0 Å². The fourth-order valence-electron chi connectivity index (χ4n) is 1.51. The van der Waals surface area contributed by atoms with Crippen molar-refractivity contribution in [1.82, 2.24) is 14.9 Å². The van der Waals surface area contributed by atoms with Crippen LogP contribution < -0.4 is 16.3 Å². The van der Waals surface area contributed by atoms with E-state index in [0.29, 0.717) is 11.0 Å². The van der Waals surface area contributed by atoms with Crippen molar-refractivity contribution in [1.29, 1.82) is 0 Å². The maximum atomic E-state index is 11.1. The van der Waals surface area contributed by atoms with E-state index in [1.54, 1.807) is 14.0 Å². The standard InChI is InChI=1S/C12H15N5O2S/c1-7(10(13)18)20-12-16-15-11(17(12)14)8-3-5-9(19-2)6-4-8/h3-7H,14H2,1-2H3,(H2,13,18)/t7-/m1/s1. The van der Waals surface area contributed by atoms with Gasteiger partial charge in [0.15, 0.2) is 5.82 Å². The maximum absolute atomic E-state index is 11.1. The van der Waals surface area contributed by atoms with Gasteiger partial charge in [-0.2, -0.15) is 0 Å². The number of thioether (sulfide) groups is 1. The van der Waals surface area contributed by atoms with Crippen LogP contribution in [0.2, 0.25) is 0 Å². The number of hydrogen-bond acceptors (Lipinski definition) is 6. The number of carbonyl (C=O) groups excluding carboxylic acids is 1. The molecule has 0 fully saturated rings. The lowest BCUT2D eigenvalue weighted by Crippen LogP contribution is -2.23. The smallest absolute Gasteiger partial charge is 0.230 e. The molecule has 4 N–H and O–H groups in total. The highest BCUT2D eigenvalue weighted by Gasteiger charge is 2.17. The van der Waals surface area contributed by atoms with E-state index in [-0.39, 0.29) is 0 Å². The maximum Gasteiger partial charge on any atom is 0.230 e. The molecule has 0 aliphatic carbocycles. The second-order valence-electron chi connectivity index (χ2n) is 4.07. The summed E-state index contributed by atoms with van der Waals surface area (Å²) in [5, 5.41) is 8.00. The molecule has 1 amide bonds. The van der Waals surface area contributed by atoms with Gasteiger partial charge in [-0.05, 0) is 31.2 Å². The number of aromatic nitrogens is 3. The summed E-state index contributed by atoms with van der Waals surface area (Å²) in [4.78, 5) is 11.1. The molecule has 0 saturated carbocycles. The zero-order chi connectivity index (χ0) is 14.7. The predicted octanol–water partition coefficient (Wildman–Crippen LogP) is 0.633. The Morgan fingerprint density at radius 1 is 1.35 bits per heavy atom. The monoisotopic (exact) mass is 293 g/mol. The molecule has 1 aromatic carbocycles. The molecule has 1 atom stereocenters. The first-order chi connectivity index (χ1) is 9.52. The molecule has 0 aliphatic rings. The summed E-state index contributed by atoms with van der Waals surface area (Å²) in [7, 11) is 1.60. The number of rotatable bonds is 5. The Hall–Kier alpha value is -2.22. The Kier molecular flexibility index (Phi) is 4.14. The van der Waals surface area contributed by atoms with Gasteiger partial charge in [0.05, 0.1) is 12.4 Å². The van der Waals surface area contributed by atoms with Crippen LogP contribution in [0, 0.1) is 0 Å². The summed E-state index contributed by atoms with van der Waals surface area (Å²) in [6.45, 7) is 1.69. The van der Waals surface area contributed by atoms with Crippen molar-refractivity contribution in [3.63, 3.8) is 0 Å². The lowest BCUT2D eigenvalue weighted by molar-refractivity contribution is -0.117. The van der Waals surface area contributed by atoms with Gasteiger partial charge < -0.3 is 16.3 Å². The lowest BCUT2D eigenvalue weighted by Gasteiger charge is -2.07. The number of nitrogens with zero attached hydrogens (tertiary/aromatic N) is 3. The van der Waals surface area contributed by atoms with Crippen molar-refractivity contribution < 1.29 is 9.53 Å². The van der Waals surface area contributed by atoms with Gasteiger partial charge in [-0.25, -0.2) is 4.68 Å². The molecule has 106 valence electrons. The molecule has 0 aliphatic heterocycles. The van der Waals surface area contributed by atoms with Gasteiger partial charge in [0, 0.05) is 5.56 Å². The van der Waals surface area contributed by atoms with Crippen molar-refractivity contribution >= 4 is 17.7 Å². The predicted molar refractivity (Wildman–Crippen MR) is 76.7 cm³/mol. The average molecular weight is 293 g/mol. The van der Waals surface area contributed by atoms with E-state index in [2.05, 4.69) is 10.2 Å². The van der Waals surface area contributed by atoms with Gasteiger partial charge in [0.2, 0.25) is 11.1 Å². The van der Waals surface area contributed by atoms with Gasteiger partial charge in [0.1, 0.15) is 5.75 Å². The second kappa shape index (κ2) is 5.83. The van der Waals surface area contributed by atoms with Gasteiger partial charge in [-0.15, -0.1) is 10.2 Å². The lowest BCUT2D eigenvalue weighted by atomic mass is 10.2. The summed E-state index contributed by atoms with van der Waals surface area (Å²) in [5.74, 6) is 6.77. The molecule has 2 aromatic rings. The van der Waals surface area contributed by atoms with Crippen LogP contribution in [0.25, 0.3) is 11.4 Å². The van der Waals surface area contributed by atoms with Crippen LogP contribution in [0.3, 0.4) is 0 Å². The van der Waals surface area contributed by atoms with E-state index in [1.165, 1.54) is 16.4 Å². The summed E-state index contributed by atoms with van der Waals surface area (Å²) >= 11 is 1.17. The molecule has 2 rings (SSSR count). The van der Waals surface area contributed by atoms with Crippen LogP contribution in [-0.4, -0.2) is 33.1 Å². The number of nitrogen functional groups attached to an aromatic ring is 1. The number of hydrogen-bond donors (Lipinski definition) is 2. The first kappa shape index (κ1) is 14.2. The first-order valence-corrected chi connectivity index (χ1v) is 6.71. The van der Waals surface area contributed by atoms with Crippen LogP contribution in [0.15, 0.2) is 29.4 Å². The van der Waals surface area contributed by atoms with Crippen molar-refractivity contribution in [3.05, 3.63) is 24.3 Å². The van der Waals surface area contributed by atoms with Gasteiger partial charge >= 0.3 is 0 Å². The third-order valence-corrected chi connectivity index (χ3v) is 3.77.